The molecule has 2 saturated heterocycles. The van der Waals surface area contributed by atoms with Crippen LogP contribution in [0.3, 0.4) is 0 Å². The Morgan fingerprint density at radius 1 is 1.07 bits per heavy atom. The first-order valence-corrected chi connectivity index (χ1v) is 10.2. The molecule has 1 aliphatic carbocycles. The number of carbonyl (C=O) groups is 3. The van der Waals surface area contributed by atoms with Gasteiger partial charge in [-0.15, -0.1) is 5.10 Å². The highest BCUT2D eigenvalue weighted by molar-refractivity contribution is 6.31. The molecule has 0 N–H and O–H groups in total. The number of rotatable bonds is 6. The number of cyclic esters (lactones) is 2. The van der Waals surface area contributed by atoms with Crippen LogP contribution < -0.4 is 4.74 Å². The van der Waals surface area contributed by atoms with Crippen LogP contribution in [-0.2, 0) is 23.9 Å². The summed E-state index contributed by atoms with van der Waals surface area (Å²) in [6.07, 6.45) is 6.77. The van der Waals surface area contributed by atoms with E-state index in [4.69, 9.17) is 4.74 Å². The molecule has 0 spiro atoms. The molecule has 1 aromatic rings. The van der Waals surface area contributed by atoms with Gasteiger partial charge in [0.2, 0.25) is 5.88 Å². The lowest BCUT2D eigenvalue weighted by Gasteiger charge is -2.34. The zero-order valence-electron chi connectivity index (χ0n) is 16.3. The summed E-state index contributed by atoms with van der Waals surface area (Å²) in [6, 6.07) is 2.40. The fourth-order valence-corrected chi connectivity index (χ4v) is 3.98. The SMILES string of the molecule is O=C1OC(C(=O)N2CCN(CCOc3ccn(C4CCCCC4)n3)CC2)OC1=O. The number of nitrogens with zero attached hydrogens (tertiary/aromatic N) is 4. The average Bonchev–Trinajstić information content (AvgIpc) is 3.35. The van der Waals surface area contributed by atoms with Crippen LogP contribution >= 0.6 is 0 Å². The van der Waals surface area contributed by atoms with Gasteiger partial charge in [0.25, 0.3) is 0 Å². The Morgan fingerprint density at radius 3 is 2.45 bits per heavy atom. The van der Waals surface area contributed by atoms with Crippen LogP contribution in [0.4, 0.5) is 0 Å². The second kappa shape index (κ2) is 8.81. The van der Waals surface area contributed by atoms with Gasteiger partial charge in [0.15, 0.2) is 0 Å². The molecule has 29 heavy (non-hydrogen) atoms. The molecule has 1 amide bonds. The molecule has 2 aliphatic heterocycles. The van der Waals surface area contributed by atoms with Gasteiger partial charge in [-0.3, -0.25) is 14.4 Å². The van der Waals surface area contributed by atoms with Crippen molar-refractivity contribution in [1.29, 1.82) is 0 Å². The normalized spacial score (nSPS) is 21.9. The number of esters is 2. The highest BCUT2D eigenvalue weighted by Gasteiger charge is 2.41. The fourth-order valence-electron chi connectivity index (χ4n) is 3.98. The number of aromatic nitrogens is 2. The Labute approximate surface area is 168 Å². The Hall–Kier alpha value is -2.62. The summed E-state index contributed by atoms with van der Waals surface area (Å²) in [7, 11) is 0. The molecular weight excluding hydrogens is 380 g/mol. The van der Waals surface area contributed by atoms with Gasteiger partial charge in [-0.05, 0) is 12.8 Å². The Kier molecular flexibility index (Phi) is 5.98. The van der Waals surface area contributed by atoms with Gasteiger partial charge in [0.1, 0.15) is 6.61 Å². The molecule has 0 unspecified atom stereocenters. The molecule has 0 radical (unpaired) electrons. The van der Waals surface area contributed by atoms with Crippen LogP contribution in [0.25, 0.3) is 0 Å². The monoisotopic (exact) mass is 406 g/mol. The number of hydrogen-bond donors (Lipinski definition) is 0. The maximum absolute atomic E-state index is 12.2. The predicted molar refractivity (Wildman–Crippen MR) is 98.8 cm³/mol. The lowest BCUT2D eigenvalue weighted by Crippen LogP contribution is -2.52. The van der Waals surface area contributed by atoms with Crippen molar-refractivity contribution in [2.45, 2.75) is 44.4 Å². The van der Waals surface area contributed by atoms with Crippen LogP contribution in [0, 0.1) is 0 Å². The summed E-state index contributed by atoms with van der Waals surface area (Å²) >= 11 is 0. The van der Waals surface area contributed by atoms with Gasteiger partial charge in [-0.1, -0.05) is 19.3 Å². The minimum atomic E-state index is -1.44. The van der Waals surface area contributed by atoms with E-state index in [-0.39, 0.29) is 0 Å². The average molecular weight is 406 g/mol. The highest BCUT2D eigenvalue weighted by atomic mass is 16.8. The number of ether oxygens (including phenoxy) is 3. The van der Waals surface area contributed by atoms with Gasteiger partial charge < -0.3 is 19.1 Å². The molecular formula is C19H26N4O6. The Morgan fingerprint density at radius 2 is 1.76 bits per heavy atom. The molecule has 0 atom stereocenters. The van der Waals surface area contributed by atoms with E-state index in [0.717, 1.165) is 6.54 Å². The molecule has 0 bridgehead atoms. The molecule has 1 saturated carbocycles. The third-order valence-corrected chi connectivity index (χ3v) is 5.67. The minimum Gasteiger partial charge on any atom is -0.475 e. The van der Waals surface area contributed by atoms with E-state index in [0.29, 0.717) is 44.7 Å². The molecule has 3 heterocycles. The number of piperazine rings is 1. The zero-order valence-corrected chi connectivity index (χ0v) is 16.3. The van der Waals surface area contributed by atoms with Crippen molar-refractivity contribution in [3.8, 4) is 5.88 Å². The summed E-state index contributed by atoms with van der Waals surface area (Å²) in [4.78, 5) is 38.1. The van der Waals surface area contributed by atoms with Gasteiger partial charge in [-0.25, -0.2) is 9.59 Å². The first-order valence-electron chi connectivity index (χ1n) is 10.2. The van der Waals surface area contributed by atoms with Crippen molar-refractivity contribution in [2.24, 2.45) is 0 Å². The van der Waals surface area contributed by atoms with Gasteiger partial charge in [-0.2, -0.15) is 0 Å². The third kappa shape index (κ3) is 4.69. The number of carbonyl (C=O) groups excluding carboxylic acids is 3. The van der Waals surface area contributed by atoms with Gasteiger partial charge >= 0.3 is 24.1 Å². The molecule has 10 heteroatoms. The van der Waals surface area contributed by atoms with Crippen LogP contribution in [0.2, 0.25) is 0 Å². The maximum Gasteiger partial charge on any atom is 0.421 e. The van der Waals surface area contributed by atoms with E-state index in [1.54, 1.807) is 4.90 Å². The van der Waals surface area contributed by atoms with E-state index in [2.05, 4.69) is 19.5 Å². The second-order valence-electron chi connectivity index (χ2n) is 7.58. The Balaban J connectivity index is 1.16. The molecule has 158 valence electrons. The Bertz CT molecular complexity index is 736. The standard InChI is InChI=1S/C19H26N4O6/c24-16(19-28-17(25)18(26)29-19)22-10-8-21(9-11-22)12-13-27-15-6-7-23(20-15)14-4-2-1-3-5-14/h6-7,14,19H,1-5,8-13H2. The quantitative estimate of drug-likeness (QED) is 0.492. The van der Waals surface area contributed by atoms with Crippen molar-refractivity contribution < 1.29 is 28.6 Å². The molecule has 3 fully saturated rings. The number of hydrogen-bond acceptors (Lipinski definition) is 8. The maximum atomic E-state index is 12.2. The third-order valence-electron chi connectivity index (χ3n) is 5.67. The summed E-state index contributed by atoms with van der Waals surface area (Å²) in [5, 5.41) is 4.55. The largest absolute Gasteiger partial charge is 0.475 e. The van der Waals surface area contributed by atoms with E-state index in [9.17, 15) is 14.4 Å². The zero-order chi connectivity index (χ0) is 20.2. The van der Waals surface area contributed by atoms with Crippen LogP contribution in [0.1, 0.15) is 38.1 Å². The van der Waals surface area contributed by atoms with Gasteiger partial charge in [0.05, 0.1) is 6.04 Å². The molecule has 1 aromatic heterocycles. The molecule has 10 nitrogen and oxygen atoms in total. The summed E-state index contributed by atoms with van der Waals surface area (Å²) in [6.45, 7) is 3.53. The summed E-state index contributed by atoms with van der Waals surface area (Å²) in [5.74, 6) is -2.09. The predicted octanol–water partition coefficient (Wildman–Crippen LogP) is 0.337. The second-order valence-corrected chi connectivity index (χ2v) is 7.58. The topological polar surface area (TPSA) is 103 Å². The van der Waals surface area contributed by atoms with Crippen LogP contribution in [0.5, 0.6) is 5.88 Å². The molecule has 4 rings (SSSR count). The lowest BCUT2D eigenvalue weighted by atomic mass is 9.96. The van der Waals surface area contributed by atoms with Crippen LogP contribution in [-0.4, -0.2) is 83.0 Å². The fraction of sp³-hybridized carbons (Fsp3) is 0.684. The van der Waals surface area contributed by atoms with Crippen molar-refractivity contribution in [1.82, 2.24) is 19.6 Å². The molecule has 0 aromatic carbocycles. The minimum absolute atomic E-state index is 0.473. The molecule has 3 aliphatic rings. The van der Waals surface area contributed by atoms with Crippen molar-refractivity contribution in [3.63, 3.8) is 0 Å². The first kappa shape index (κ1) is 19.7. The van der Waals surface area contributed by atoms with Crippen molar-refractivity contribution >= 4 is 17.8 Å². The van der Waals surface area contributed by atoms with E-state index < -0.39 is 24.1 Å². The van der Waals surface area contributed by atoms with Gasteiger partial charge in [0, 0.05) is 45.0 Å². The van der Waals surface area contributed by atoms with Crippen LogP contribution in [0.15, 0.2) is 12.3 Å². The number of amides is 1. The summed E-state index contributed by atoms with van der Waals surface area (Å²) in [5.41, 5.74) is 0. The highest BCUT2D eigenvalue weighted by Crippen LogP contribution is 2.28. The van der Waals surface area contributed by atoms with E-state index in [1.807, 2.05) is 16.9 Å². The first-order chi connectivity index (χ1) is 14.1. The van der Waals surface area contributed by atoms with E-state index >= 15 is 0 Å². The van der Waals surface area contributed by atoms with E-state index in [1.165, 1.54) is 32.1 Å². The van der Waals surface area contributed by atoms with Crippen molar-refractivity contribution in [3.05, 3.63) is 12.3 Å². The smallest absolute Gasteiger partial charge is 0.421 e. The lowest BCUT2D eigenvalue weighted by molar-refractivity contribution is -0.167. The van der Waals surface area contributed by atoms with Crippen molar-refractivity contribution in [2.75, 3.05) is 39.3 Å². The summed E-state index contributed by atoms with van der Waals surface area (Å²) < 4.78 is 17.1.